The summed E-state index contributed by atoms with van der Waals surface area (Å²) in [5.41, 5.74) is 9.25. The molecule has 0 fully saturated rings. The van der Waals surface area contributed by atoms with Gasteiger partial charge >= 0.3 is 0 Å². The Bertz CT molecular complexity index is 623. The molecule has 0 atom stereocenters. The third-order valence-corrected chi connectivity index (χ3v) is 3.13. The average molecular weight is 283 g/mol. The van der Waals surface area contributed by atoms with Gasteiger partial charge in [0.1, 0.15) is 5.75 Å². The summed E-state index contributed by atoms with van der Waals surface area (Å²) in [6, 6.07) is 16.0. The standard InChI is InChI=1S/C17H21N3O/c1-13-6-5-7-14(12-13)10-11-19-17(18)20-15-8-3-4-9-16(15)21-2/h3-9,12H,10-11H2,1-2H3,(H3,18,19,20). The Balaban J connectivity index is 1.92. The molecule has 0 amide bonds. The Morgan fingerprint density at radius 3 is 2.76 bits per heavy atom. The highest BCUT2D eigenvalue weighted by Gasteiger charge is 2.02. The fraction of sp³-hybridized carbons (Fsp3) is 0.235. The van der Waals surface area contributed by atoms with Gasteiger partial charge in [0.15, 0.2) is 5.96 Å². The summed E-state index contributed by atoms with van der Waals surface area (Å²) in [5, 5.41) is 3.06. The average Bonchev–Trinajstić information content (AvgIpc) is 2.48. The van der Waals surface area contributed by atoms with E-state index in [1.54, 1.807) is 7.11 Å². The van der Waals surface area contributed by atoms with E-state index in [9.17, 15) is 0 Å². The van der Waals surface area contributed by atoms with E-state index in [4.69, 9.17) is 10.5 Å². The third-order valence-electron chi connectivity index (χ3n) is 3.13. The van der Waals surface area contributed by atoms with E-state index in [0.717, 1.165) is 17.9 Å². The van der Waals surface area contributed by atoms with Crippen LogP contribution < -0.4 is 15.8 Å². The fourth-order valence-electron chi connectivity index (χ4n) is 2.10. The molecule has 0 aliphatic rings. The Morgan fingerprint density at radius 2 is 2.00 bits per heavy atom. The largest absolute Gasteiger partial charge is 0.495 e. The summed E-state index contributed by atoms with van der Waals surface area (Å²) >= 11 is 0. The highest BCUT2D eigenvalue weighted by molar-refractivity contribution is 5.93. The number of nitrogens with one attached hydrogen (secondary N) is 1. The normalized spacial score (nSPS) is 11.2. The fourth-order valence-corrected chi connectivity index (χ4v) is 2.10. The van der Waals surface area contributed by atoms with Gasteiger partial charge in [0.25, 0.3) is 0 Å². The quantitative estimate of drug-likeness (QED) is 0.655. The number of rotatable bonds is 5. The van der Waals surface area contributed by atoms with Crippen molar-refractivity contribution in [1.29, 1.82) is 0 Å². The van der Waals surface area contributed by atoms with Crippen molar-refractivity contribution in [1.82, 2.24) is 0 Å². The molecule has 21 heavy (non-hydrogen) atoms. The molecule has 4 nitrogen and oxygen atoms in total. The molecule has 0 aliphatic heterocycles. The van der Waals surface area contributed by atoms with Crippen LogP contribution in [0.3, 0.4) is 0 Å². The van der Waals surface area contributed by atoms with Gasteiger partial charge in [-0.1, -0.05) is 42.0 Å². The second-order valence-electron chi connectivity index (χ2n) is 4.83. The van der Waals surface area contributed by atoms with Crippen molar-refractivity contribution in [2.24, 2.45) is 10.7 Å². The summed E-state index contributed by atoms with van der Waals surface area (Å²) in [7, 11) is 1.63. The summed E-state index contributed by atoms with van der Waals surface area (Å²) in [6.45, 7) is 2.74. The van der Waals surface area contributed by atoms with Crippen LogP contribution in [0.25, 0.3) is 0 Å². The monoisotopic (exact) mass is 283 g/mol. The maximum atomic E-state index is 5.91. The Hall–Kier alpha value is -2.49. The number of methoxy groups -OCH3 is 1. The first-order valence-electron chi connectivity index (χ1n) is 6.94. The van der Waals surface area contributed by atoms with Gasteiger partial charge in [-0.15, -0.1) is 0 Å². The van der Waals surface area contributed by atoms with E-state index in [1.165, 1.54) is 11.1 Å². The molecule has 2 aromatic rings. The van der Waals surface area contributed by atoms with Crippen molar-refractivity contribution < 1.29 is 4.74 Å². The summed E-state index contributed by atoms with van der Waals surface area (Å²) < 4.78 is 5.26. The lowest BCUT2D eigenvalue weighted by Crippen LogP contribution is -2.23. The molecule has 0 heterocycles. The maximum absolute atomic E-state index is 5.91. The smallest absolute Gasteiger partial charge is 0.193 e. The van der Waals surface area contributed by atoms with Crippen LogP contribution in [-0.4, -0.2) is 19.6 Å². The summed E-state index contributed by atoms with van der Waals surface area (Å²) in [6.07, 6.45) is 0.871. The molecule has 0 aromatic heterocycles. The third kappa shape index (κ3) is 4.53. The van der Waals surface area contributed by atoms with E-state index in [0.29, 0.717) is 12.5 Å². The number of benzene rings is 2. The van der Waals surface area contributed by atoms with Gasteiger partial charge in [0.05, 0.1) is 12.8 Å². The predicted octanol–water partition coefficient (Wildman–Crippen LogP) is 2.97. The number of nitrogens with two attached hydrogens (primary N) is 1. The van der Waals surface area contributed by atoms with Crippen molar-refractivity contribution in [2.75, 3.05) is 19.0 Å². The van der Waals surface area contributed by atoms with Crippen molar-refractivity contribution in [3.8, 4) is 5.75 Å². The first-order chi connectivity index (χ1) is 10.2. The van der Waals surface area contributed by atoms with Gasteiger partial charge in [0, 0.05) is 6.54 Å². The zero-order chi connectivity index (χ0) is 15.1. The highest BCUT2D eigenvalue weighted by Crippen LogP contribution is 2.22. The molecule has 110 valence electrons. The van der Waals surface area contributed by atoms with Gasteiger partial charge in [0.2, 0.25) is 0 Å². The van der Waals surface area contributed by atoms with Gasteiger partial charge in [-0.2, -0.15) is 0 Å². The molecule has 2 rings (SSSR count). The van der Waals surface area contributed by atoms with Crippen LogP contribution in [0.15, 0.2) is 53.5 Å². The summed E-state index contributed by atoms with van der Waals surface area (Å²) in [5.74, 6) is 1.14. The Morgan fingerprint density at radius 1 is 1.19 bits per heavy atom. The number of ether oxygens (including phenoxy) is 1. The number of guanidine groups is 1. The lowest BCUT2D eigenvalue weighted by Gasteiger charge is -2.10. The first kappa shape index (κ1) is 14.9. The molecule has 0 aliphatic carbocycles. The molecular weight excluding hydrogens is 262 g/mol. The maximum Gasteiger partial charge on any atom is 0.193 e. The molecule has 0 spiro atoms. The van der Waals surface area contributed by atoms with Crippen LogP contribution in [0.2, 0.25) is 0 Å². The molecule has 2 aromatic carbocycles. The van der Waals surface area contributed by atoms with E-state index < -0.39 is 0 Å². The van der Waals surface area contributed by atoms with Crippen LogP contribution >= 0.6 is 0 Å². The van der Waals surface area contributed by atoms with E-state index in [2.05, 4.69) is 41.5 Å². The molecule has 3 N–H and O–H groups in total. The van der Waals surface area contributed by atoms with Crippen LogP contribution in [0.4, 0.5) is 5.69 Å². The zero-order valence-corrected chi connectivity index (χ0v) is 12.5. The lowest BCUT2D eigenvalue weighted by molar-refractivity contribution is 0.417. The topological polar surface area (TPSA) is 59.6 Å². The Labute approximate surface area is 125 Å². The number of hydrogen-bond donors (Lipinski definition) is 2. The molecule has 4 heteroatoms. The van der Waals surface area contributed by atoms with Crippen LogP contribution in [-0.2, 0) is 6.42 Å². The van der Waals surface area contributed by atoms with E-state index in [1.807, 2.05) is 24.3 Å². The predicted molar refractivity (Wildman–Crippen MR) is 88.0 cm³/mol. The SMILES string of the molecule is COc1ccccc1NC(N)=NCCc1cccc(C)c1. The molecular formula is C17H21N3O. The second kappa shape index (κ2) is 7.33. The lowest BCUT2D eigenvalue weighted by atomic mass is 10.1. The molecule has 0 unspecified atom stereocenters. The number of anilines is 1. The minimum Gasteiger partial charge on any atom is -0.495 e. The van der Waals surface area contributed by atoms with Gasteiger partial charge in [-0.25, -0.2) is 0 Å². The number of para-hydroxylation sites is 2. The van der Waals surface area contributed by atoms with Crippen LogP contribution in [0.5, 0.6) is 5.75 Å². The Kier molecular flexibility index (Phi) is 5.21. The van der Waals surface area contributed by atoms with Gasteiger partial charge in [-0.3, -0.25) is 4.99 Å². The van der Waals surface area contributed by atoms with Gasteiger partial charge in [-0.05, 0) is 31.0 Å². The number of nitrogens with zero attached hydrogens (tertiary/aromatic N) is 1. The molecule has 0 bridgehead atoms. The number of aryl methyl sites for hydroxylation is 1. The summed E-state index contributed by atoms with van der Waals surface area (Å²) in [4.78, 5) is 4.35. The number of aliphatic imine (C=N–C) groups is 1. The minimum absolute atomic E-state index is 0.396. The highest BCUT2D eigenvalue weighted by atomic mass is 16.5. The minimum atomic E-state index is 0.396. The number of hydrogen-bond acceptors (Lipinski definition) is 2. The molecule has 0 saturated heterocycles. The first-order valence-corrected chi connectivity index (χ1v) is 6.94. The van der Waals surface area contributed by atoms with Crippen molar-refractivity contribution in [3.63, 3.8) is 0 Å². The van der Waals surface area contributed by atoms with Gasteiger partial charge < -0.3 is 15.8 Å². The van der Waals surface area contributed by atoms with Crippen LogP contribution in [0.1, 0.15) is 11.1 Å². The van der Waals surface area contributed by atoms with Crippen molar-refractivity contribution in [3.05, 3.63) is 59.7 Å². The van der Waals surface area contributed by atoms with E-state index >= 15 is 0 Å². The molecule has 0 saturated carbocycles. The second-order valence-corrected chi connectivity index (χ2v) is 4.83. The van der Waals surface area contributed by atoms with Crippen molar-refractivity contribution in [2.45, 2.75) is 13.3 Å². The van der Waals surface area contributed by atoms with Crippen molar-refractivity contribution >= 4 is 11.6 Å². The van der Waals surface area contributed by atoms with E-state index in [-0.39, 0.29) is 0 Å². The molecule has 0 radical (unpaired) electrons. The zero-order valence-electron chi connectivity index (χ0n) is 12.5. The van der Waals surface area contributed by atoms with Crippen LogP contribution in [0, 0.1) is 6.92 Å².